The van der Waals surface area contributed by atoms with Crippen LogP contribution in [-0.2, 0) is 4.79 Å². The molecular weight excluding hydrogens is 376 g/mol. The predicted octanol–water partition coefficient (Wildman–Crippen LogP) is 3.05. The van der Waals surface area contributed by atoms with Crippen molar-refractivity contribution >= 4 is 23.4 Å². The Bertz CT molecular complexity index is 996. The van der Waals surface area contributed by atoms with Gasteiger partial charge in [-0.1, -0.05) is 23.9 Å². The van der Waals surface area contributed by atoms with Crippen LogP contribution in [0.1, 0.15) is 19.4 Å². The van der Waals surface area contributed by atoms with E-state index in [4.69, 9.17) is 10.00 Å². The highest BCUT2D eigenvalue weighted by Gasteiger charge is 2.20. The molecule has 28 heavy (non-hydrogen) atoms. The van der Waals surface area contributed by atoms with Gasteiger partial charge in [-0.25, -0.2) is 0 Å². The minimum atomic E-state index is -0.445. The van der Waals surface area contributed by atoms with Crippen LogP contribution in [0.5, 0.6) is 5.75 Å². The zero-order valence-corrected chi connectivity index (χ0v) is 16.2. The minimum absolute atomic E-state index is 0.192. The molecular formula is C19H18N6O2S. The van der Waals surface area contributed by atoms with Gasteiger partial charge in [0.15, 0.2) is 0 Å². The second-order valence-corrected chi connectivity index (χ2v) is 7.02. The van der Waals surface area contributed by atoms with Crippen molar-refractivity contribution in [2.45, 2.75) is 24.3 Å². The van der Waals surface area contributed by atoms with Crippen LogP contribution in [0.2, 0.25) is 0 Å². The molecule has 0 spiro atoms. The van der Waals surface area contributed by atoms with E-state index >= 15 is 0 Å². The first kappa shape index (κ1) is 19.4. The second-order valence-electron chi connectivity index (χ2n) is 5.71. The Hall–Kier alpha value is -3.38. The third-order valence-electron chi connectivity index (χ3n) is 3.77. The molecule has 1 atom stereocenters. The van der Waals surface area contributed by atoms with Crippen LogP contribution < -0.4 is 10.1 Å². The number of tetrazole rings is 1. The number of nitrogens with zero attached hydrogens (tertiary/aromatic N) is 5. The summed E-state index contributed by atoms with van der Waals surface area (Å²) in [6, 6.07) is 16.2. The van der Waals surface area contributed by atoms with Gasteiger partial charge in [-0.05, 0) is 60.7 Å². The van der Waals surface area contributed by atoms with Crippen LogP contribution in [0.4, 0.5) is 5.69 Å². The monoisotopic (exact) mass is 394 g/mol. The van der Waals surface area contributed by atoms with E-state index < -0.39 is 5.25 Å². The maximum Gasteiger partial charge on any atom is 0.237 e. The Morgan fingerprint density at radius 1 is 1.29 bits per heavy atom. The molecule has 0 saturated carbocycles. The van der Waals surface area contributed by atoms with Crippen LogP contribution in [0.3, 0.4) is 0 Å². The number of hydrogen-bond acceptors (Lipinski definition) is 7. The molecule has 1 heterocycles. The van der Waals surface area contributed by atoms with Crippen molar-refractivity contribution in [3.05, 3.63) is 54.1 Å². The summed E-state index contributed by atoms with van der Waals surface area (Å²) in [5.41, 5.74) is 1.86. The number of nitriles is 1. The fourth-order valence-corrected chi connectivity index (χ4v) is 3.20. The fourth-order valence-electron chi connectivity index (χ4n) is 2.40. The lowest BCUT2D eigenvalue weighted by atomic mass is 10.2. The topological polar surface area (TPSA) is 106 Å². The summed E-state index contributed by atoms with van der Waals surface area (Å²) in [5, 5.41) is 23.5. The van der Waals surface area contributed by atoms with Gasteiger partial charge in [0, 0.05) is 5.69 Å². The predicted molar refractivity (Wildman–Crippen MR) is 105 cm³/mol. The SMILES string of the molecule is CCOc1ccccc1-n1nnnc1SC(C)C(=O)Nc1ccc(C#N)cc1. The number of amides is 1. The first-order chi connectivity index (χ1) is 13.6. The Labute approximate surface area is 166 Å². The van der Waals surface area contributed by atoms with Crippen molar-refractivity contribution in [2.75, 3.05) is 11.9 Å². The van der Waals surface area contributed by atoms with Gasteiger partial charge in [-0.15, -0.1) is 5.10 Å². The maximum atomic E-state index is 12.5. The summed E-state index contributed by atoms with van der Waals surface area (Å²) in [7, 11) is 0. The molecule has 0 fully saturated rings. The number of hydrogen-bond donors (Lipinski definition) is 1. The lowest BCUT2D eigenvalue weighted by Crippen LogP contribution is -2.23. The summed E-state index contributed by atoms with van der Waals surface area (Å²) in [4.78, 5) is 12.5. The molecule has 0 bridgehead atoms. The van der Waals surface area contributed by atoms with Crippen LogP contribution in [0.15, 0.2) is 53.7 Å². The average molecular weight is 394 g/mol. The highest BCUT2D eigenvalue weighted by Crippen LogP contribution is 2.28. The lowest BCUT2D eigenvalue weighted by Gasteiger charge is -2.13. The van der Waals surface area contributed by atoms with Crippen LogP contribution >= 0.6 is 11.8 Å². The van der Waals surface area contributed by atoms with Crippen molar-refractivity contribution in [2.24, 2.45) is 0 Å². The van der Waals surface area contributed by atoms with Gasteiger partial charge in [0.1, 0.15) is 11.4 Å². The van der Waals surface area contributed by atoms with E-state index in [9.17, 15) is 4.79 Å². The molecule has 3 rings (SSSR count). The van der Waals surface area contributed by atoms with E-state index in [1.54, 1.807) is 35.9 Å². The van der Waals surface area contributed by atoms with Crippen molar-refractivity contribution in [3.63, 3.8) is 0 Å². The largest absolute Gasteiger partial charge is 0.492 e. The van der Waals surface area contributed by atoms with E-state index in [0.29, 0.717) is 34.5 Å². The fraction of sp³-hybridized carbons (Fsp3) is 0.211. The van der Waals surface area contributed by atoms with Gasteiger partial charge in [0.05, 0.1) is 23.5 Å². The number of rotatable bonds is 7. The molecule has 1 N–H and O–H groups in total. The lowest BCUT2D eigenvalue weighted by molar-refractivity contribution is -0.115. The van der Waals surface area contributed by atoms with Gasteiger partial charge in [0.2, 0.25) is 11.1 Å². The summed E-state index contributed by atoms with van der Waals surface area (Å²) in [6.45, 7) is 4.20. The molecule has 1 unspecified atom stereocenters. The van der Waals surface area contributed by atoms with Crippen LogP contribution in [0, 0.1) is 11.3 Å². The molecule has 2 aromatic carbocycles. The summed E-state index contributed by atoms with van der Waals surface area (Å²) < 4.78 is 7.19. The maximum absolute atomic E-state index is 12.5. The Morgan fingerprint density at radius 2 is 2.04 bits per heavy atom. The molecule has 3 aromatic rings. The molecule has 0 saturated heterocycles. The van der Waals surface area contributed by atoms with Gasteiger partial charge in [0.25, 0.3) is 0 Å². The molecule has 0 aliphatic carbocycles. The number of aromatic nitrogens is 4. The van der Waals surface area contributed by atoms with Crippen LogP contribution in [-0.4, -0.2) is 38.0 Å². The molecule has 9 heteroatoms. The zero-order valence-electron chi connectivity index (χ0n) is 15.4. The Morgan fingerprint density at radius 3 is 2.75 bits per heavy atom. The van der Waals surface area contributed by atoms with Crippen molar-refractivity contribution in [1.29, 1.82) is 5.26 Å². The number of carbonyl (C=O) groups excluding carboxylic acids is 1. The van der Waals surface area contributed by atoms with E-state index in [1.807, 2.05) is 37.3 Å². The molecule has 1 amide bonds. The Balaban J connectivity index is 1.73. The minimum Gasteiger partial charge on any atom is -0.492 e. The van der Waals surface area contributed by atoms with Gasteiger partial charge in [-0.3, -0.25) is 4.79 Å². The van der Waals surface area contributed by atoms with Crippen molar-refractivity contribution in [3.8, 4) is 17.5 Å². The van der Waals surface area contributed by atoms with E-state index in [2.05, 4.69) is 20.8 Å². The standard InChI is InChI=1S/C19H18N6O2S/c1-3-27-17-7-5-4-6-16(17)25-19(22-23-24-25)28-13(2)18(26)21-15-10-8-14(12-20)9-11-15/h4-11,13H,3H2,1-2H3,(H,21,26). The number of carbonyl (C=O) groups is 1. The number of anilines is 1. The van der Waals surface area contributed by atoms with Crippen LogP contribution in [0.25, 0.3) is 5.69 Å². The van der Waals surface area contributed by atoms with Crippen molar-refractivity contribution < 1.29 is 9.53 Å². The summed E-state index contributed by atoms with van der Waals surface area (Å²) in [5.74, 6) is 0.469. The normalized spacial score (nSPS) is 11.5. The molecule has 8 nitrogen and oxygen atoms in total. The van der Waals surface area contributed by atoms with Gasteiger partial charge >= 0.3 is 0 Å². The third kappa shape index (κ3) is 4.47. The van der Waals surface area contributed by atoms with E-state index in [-0.39, 0.29) is 5.91 Å². The summed E-state index contributed by atoms with van der Waals surface area (Å²) in [6.07, 6.45) is 0. The van der Waals surface area contributed by atoms with Crippen molar-refractivity contribution in [1.82, 2.24) is 20.2 Å². The van der Waals surface area contributed by atoms with Gasteiger partial charge < -0.3 is 10.1 Å². The first-order valence-electron chi connectivity index (χ1n) is 8.60. The number of para-hydroxylation sites is 2. The van der Waals surface area contributed by atoms with E-state index in [1.165, 1.54) is 11.8 Å². The molecule has 0 aliphatic rings. The third-order valence-corrected chi connectivity index (χ3v) is 4.80. The highest BCUT2D eigenvalue weighted by molar-refractivity contribution is 8.00. The first-order valence-corrected chi connectivity index (χ1v) is 9.48. The number of benzene rings is 2. The smallest absolute Gasteiger partial charge is 0.237 e. The molecule has 0 aliphatic heterocycles. The quantitative estimate of drug-likeness (QED) is 0.614. The molecule has 1 aromatic heterocycles. The molecule has 0 radical (unpaired) electrons. The Kier molecular flexibility index (Phi) is 6.24. The number of ether oxygens (including phenoxy) is 1. The number of thioether (sulfide) groups is 1. The number of nitrogens with one attached hydrogen (secondary N) is 1. The molecule has 142 valence electrons. The zero-order chi connectivity index (χ0) is 19.9. The summed E-state index contributed by atoms with van der Waals surface area (Å²) >= 11 is 1.24. The second kappa shape index (κ2) is 9.01. The average Bonchev–Trinajstić information content (AvgIpc) is 3.17. The highest BCUT2D eigenvalue weighted by atomic mass is 32.2. The van der Waals surface area contributed by atoms with E-state index in [0.717, 1.165) is 0 Å². The van der Waals surface area contributed by atoms with Gasteiger partial charge in [-0.2, -0.15) is 9.94 Å².